The molecule has 0 bridgehead atoms. The van der Waals surface area contributed by atoms with Crippen LogP contribution in [0, 0.1) is 12.8 Å². The van der Waals surface area contributed by atoms with Crippen LogP contribution >= 0.6 is 0 Å². The molecule has 0 radical (unpaired) electrons. The van der Waals surface area contributed by atoms with E-state index in [4.69, 9.17) is 0 Å². The van der Waals surface area contributed by atoms with Crippen molar-refractivity contribution in [3.05, 3.63) is 65.7 Å². The molecule has 0 saturated heterocycles. The summed E-state index contributed by atoms with van der Waals surface area (Å²) in [6, 6.07) is 15.3. The molecule has 2 aromatic carbocycles. The Bertz CT molecular complexity index is 1020. The fraction of sp³-hybridized carbons (Fsp3) is 0.417. The number of sulfonamides is 1. The minimum absolute atomic E-state index is 0.203. The largest absolute Gasteiger partial charge is 0.354 e. The second kappa shape index (κ2) is 11.1. The normalized spacial score (nSPS) is 12.3. The number of aryl methyl sites for hydroxylation is 1. The van der Waals surface area contributed by atoms with E-state index >= 15 is 0 Å². The van der Waals surface area contributed by atoms with Crippen molar-refractivity contribution in [2.75, 3.05) is 23.7 Å². The summed E-state index contributed by atoms with van der Waals surface area (Å²) >= 11 is 0. The third-order valence-corrected chi connectivity index (χ3v) is 6.32. The average molecular weight is 460 g/mol. The van der Waals surface area contributed by atoms with E-state index in [1.165, 1.54) is 4.90 Å². The van der Waals surface area contributed by atoms with E-state index in [-0.39, 0.29) is 18.4 Å². The molecule has 0 aliphatic rings. The zero-order chi connectivity index (χ0) is 23.9. The van der Waals surface area contributed by atoms with Crippen molar-refractivity contribution in [1.29, 1.82) is 0 Å². The minimum Gasteiger partial charge on any atom is -0.354 e. The van der Waals surface area contributed by atoms with Crippen LogP contribution in [0.1, 0.15) is 31.9 Å². The van der Waals surface area contributed by atoms with Crippen molar-refractivity contribution < 1.29 is 18.0 Å². The second-order valence-corrected chi connectivity index (χ2v) is 10.3. The van der Waals surface area contributed by atoms with Crippen molar-refractivity contribution >= 4 is 27.5 Å². The van der Waals surface area contributed by atoms with Crippen molar-refractivity contribution in [1.82, 2.24) is 10.2 Å². The first kappa shape index (κ1) is 25.4. The molecule has 2 aromatic rings. The van der Waals surface area contributed by atoms with Gasteiger partial charge in [-0.05, 0) is 43.0 Å². The van der Waals surface area contributed by atoms with Crippen LogP contribution in [0.3, 0.4) is 0 Å². The fourth-order valence-corrected chi connectivity index (χ4v) is 4.06. The Morgan fingerprint density at radius 2 is 1.56 bits per heavy atom. The molecule has 0 spiro atoms. The van der Waals surface area contributed by atoms with Gasteiger partial charge in [-0.2, -0.15) is 0 Å². The number of benzene rings is 2. The van der Waals surface area contributed by atoms with Crippen molar-refractivity contribution in [3.8, 4) is 0 Å². The van der Waals surface area contributed by atoms with Gasteiger partial charge in [-0.1, -0.05) is 56.3 Å². The summed E-state index contributed by atoms with van der Waals surface area (Å²) in [5.74, 6) is -0.452. The molecule has 8 heteroatoms. The zero-order valence-electron chi connectivity index (χ0n) is 19.4. The Balaban J connectivity index is 2.35. The quantitative estimate of drug-likeness (QED) is 0.592. The first-order chi connectivity index (χ1) is 15.0. The molecule has 0 unspecified atom stereocenters. The van der Waals surface area contributed by atoms with Gasteiger partial charge in [0.25, 0.3) is 0 Å². The Hall–Kier alpha value is -2.87. The number of amides is 2. The number of nitrogens with zero attached hydrogens (tertiary/aromatic N) is 2. The van der Waals surface area contributed by atoms with Crippen molar-refractivity contribution in [2.45, 2.75) is 40.3 Å². The van der Waals surface area contributed by atoms with Crippen LogP contribution in [0.5, 0.6) is 0 Å². The van der Waals surface area contributed by atoms with Gasteiger partial charge in [0.1, 0.15) is 12.6 Å². The lowest BCUT2D eigenvalue weighted by atomic mass is 10.1. The van der Waals surface area contributed by atoms with Gasteiger partial charge in [-0.3, -0.25) is 13.9 Å². The molecule has 0 aromatic heterocycles. The number of nitrogens with one attached hydrogen (secondary N) is 1. The lowest BCUT2D eigenvalue weighted by Gasteiger charge is -2.32. The number of hydrogen-bond donors (Lipinski definition) is 1. The minimum atomic E-state index is -3.71. The number of para-hydroxylation sites is 1. The maximum atomic E-state index is 13.4. The molecular formula is C24H33N3O4S. The summed E-state index contributed by atoms with van der Waals surface area (Å²) < 4.78 is 26.0. The molecule has 1 N–H and O–H groups in total. The standard InChI is InChI=1S/C24H33N3O4S/c1-18(2)15-25-24(29)20(4)26(16-21-12-10-9-11-19(21)3)23(28)17-27(32(5,30)31)22-13-7-6-8-14-22/h6-14,18,20H,15-17H2,1-5H3,(H,25,29)/t20-/m0/s1. The smallest absolute Gasteiger partial charge is 0.244 e. The molecule has 1 atom stereocenters. The highest BCUT2D eigenvalue weighted by molar-refractivity contribution is 7.92. The van der Waals surface area contributed by atoms with Gasteiger partial charge in [-0.15, -0.1) is 0 Å². The monoisotopic (exact) mass is 459 g/mol. The van der Waals surface area contributed by atoms with Crippen LogP contribution in [0.15, 0.2) is 54.6 Å². The molecule has 2 rings (SSSR count). The van der Waals surface area contributed by atoms with E-state index < -0.39 is 28.5 Å². The SMILES string of the molecule is Cc1ccccc1CN(C(=O)CN(c1ccccc1)S(C)(=O)=O)[C@@H](C)C(=O)NCC(C)C. The first-order valence-electron chi connectivity index (χ1n) is 10.6. The fourth-order valence-electron chi connectivity index (χ4n) is 3.21. The maximum Gasteiger partial charge on any atom is 0.244 e. The molecule has 32 heavy (non-hydrogen) atoms. The molecule has 0 heterocycles. The molecule has 0 aliphatic carbocycles. The van der Waals surface area contributed by atoms with E-state index in [9.17, 15) is 18.0 Å². The van der Waals surface area contributed by atoms with Crippen LogP contribution in [-0.4, -0.2) is 50.5 Å². The molecular weight excluding hydrogens is 426 g/mol. The highest BCUT2D eigenvalue weighted by Crippen LogP contribution is 2.19. The topological polar surface area (TPSA) is 86.8 Å². The van der Waals surface area contributed by atoms with Crippen LogP contribution in [0.25, 0.3) is 0 Å². The average Bonchev–Trinajstić information content (AvgIpc) is 2.74. The molecule has 7 nitrogen and oxygen atoms in total. The van der Waals surface area contributed by atoms with Gasteiger partial charge >= 0.3 is 0 Å². The van der Waals surface area contributed by atoms with Crippen molar-refractivity contribution in [2.24, 2.45) is 5.92 Å². The van der Waals surface area contributed by atoms with E-state index in [0.717, 1.165) is 21.7 Å². The lowest BCUT2D eigenvalue weighted by molar-refractivity contribution is -0.139. The Morgan fingerprint density at radius 3 is 2.12 bits per heavy atom. The van der Waals surface area contributed by atoms with Crippen LogP contribution < -0.4 is 9.62 Å². The maximum absolute atomic E-state index is 13.4. The number of hydrogen-bond acceptors (Lipinski definition) is 4. The molecule has 0 fully saturated rings. The number of anilines is 1. The van der Waals surface area contributed by atoms with Gasteiger partial charge in [0.2, 0.25) is 21.8 Å². The van der Waals surface area contributed by atoms with E-state index in [2.05, 4.69) is 5.32 Å². The summed E-state index contributed by atoms with van der Waals surface area (Å²) in [6.07, 6.45) is 1.07. The lowest BCUT2D eigenvalue weighted by Crippen LogP contribution is -2.51. The summed E-state index contributed by atoms with van der Waals surface area (Å²) in [5, 5.41) is 2.87. The van der Waals surface area contributed by atoms with E-state index in [0.29, 0.717) is 12.2 Å². The van der Waals surface area contributed by atoms with Crippen LogP contribution in [0.2, 0.25) is 0 Å². The predicted octanol–water partition coefficient (Wildman–Crippen LogP) is 2.95. The molecule has 174 valence electrons. The number of carbonyl (C=O) groups is 2. The molecule has 0 saturated carbocycles. The van der Waals surface area contributed by atoms with E-state index in [1.54, 1.807) is 37.3 Å². The van der Waals surface area contributed by atoms with E-state index in [1.807, 2.05) is 45.0 Å². The third kappa shape index (κ3) is 7.09. The molecule has 2 amide bonds. The summed E-state index contributed by atoms with van der Waals surface area (Å²) in [6.45, 7) is 7.89. The van der Waals surface area contributed by atoms with Gasteiger partial charge in [-0.25, -0.2) is 8.42 Å². The number of carbonyl (C=O) groups excluding carboxylic acids is 2. The third-order valence-electron chi connectivity index (χ3n) is 5.18. The number of rotatable bonds is 10. The Kier molecular flexibility index (Phi) is 8.83. The Labute approximate surface area is 191 Å². The highest BCUT2D eigenvalue weighted by atomic mass is 32.2. The van der Waals surface area contributed by atoms with Gasteiger partial charge in [0.05, 0.1) is 11.9 Å². The van der Waals surface area contributed by atoms with Gasteiger partial charge < -0.3 is 10.2 Å². The summed E-state index contributed by atoms with van der Waals surface area (Å²) in [7, 11) is -3.71. The Morgan fingerprint density at radius 1 is 0.969 bits per heavy atom. The second-order valence-electron chi connectivity index (χ2n) is 8.37. The molecule has 0 aliphatic heterocycles. The van der Waals surface area contributed by atoms with Crippen LogP contribution in [-0.2, 0) is 26.2 Å². The highest BCUT2D eigenvalue weighted by Gasteiger charge is 2.30. The van der Waals surface area contributed by atoms with Gasteiger partial charge in [0.15, 0.2) is 0 Å². The van der Waals surface area contributed by atoms with Gasteiger partial charge in [0, 0.05) is 13.1 Å². The summed E-state index contributed by atoms with van der Waals surface area (Å²) in [5.41, 5.74) is 2.29. The predicted molar refractivity (Wildman–Crippen MR) is 128 cm³/mol. The van der Waals surface area contributed by atoms with Crippen molar-refractivity contribution in [3.63, 3.8) is 0 Å². The zero-order valence-corrected chi connectivity index (χ0v) is 20.2. The first-order valence-corrected chi connectivity index (χ1v) is 12.5. The summed E-state index contributed by atoms with van der Waals surface area (Å²) in [4.78, 5) is 27.6. The van der Waals surface area contributed by atoms with Crippen LogP contribution in [0.4, 0.5) is 5.69 Å².